The minimum atomic E-state index is -4.53. The van der Waals surface area contributed by atoms with Gasteiger partial charge >= 0.3 is 12.1 Å². The molecule has 44 heavy (non-hydrogen) atoms. The van der Waals surface area contributed by atoms with Crippen molar-refractivity contribution in [2.75, 3.05) is 6.61 Å². The highest BCUT2D eigenvalue weighted by molar-refractivity contribution is 7.11. The molecule has 1 aliphatic heterocycles. The van der Waals surface area contributed by atoms with Crippen LogP contribution in [0.15, 0.2) is 48.7 Å². The minimum Gasteiger partial charge on any atom is -0.478 e. The van der Waals surface area contributed by atoms with E-state index in [-0.39, 0.29) is 75.8 Å². The van der Waals surface area contributed by atoms with Crippen LogP contribution in [-0.2, 0) is 30.5 Å². The van der Waals surface area contributed by atoms with Gasteiger partial charge < -0.3 is 19.1 Å². The van der Waals surface area contributed by atoms with Crippen LogP contribution in [0.25, 0.3) is 22.3 Å². The zero-order valence-electron chi connectivity index (χ0n) is 22.4. The number of alkyl halides is 3. The molecular weight excluding hydrogens is 614 g/mol. The number of halogens is 6. The Bertz CT molecular complexity index is 1890. The Kier molecular flexibility index (Phi) is 7.75. The Morgan fingerprint density at radius 3 is 2.57 bits per heavy atom. The average molecular weight is 635 g/mol. The fraction of sp³-hybridized carbons (Fsp3) is 0.241. The first-order chi connectivity index (χ1) is 21.0. The lowest BCUT2D eigenvalue weighted by atomic mass is 10.0. The van der Waals surface area contributed by atoms with Crippen molar-refractivity contribution in [1.82, 2.24) is 19.5 Å². The number of fused-ring (bicyclic) bond motifs is 1. The monoisotopic (exact) mass is 634 g/mol. The van der Waals surface area contributed by atoms with Crippen molar-refractivity contribution in [3.8, 4) is 17.1 Å². The normalized spacial score (nSPS) is 15.0. The van der Waals surface area contributed by atoms with Crippen LogP contribution in [0.4, 0.5) is 26.3 Å². The summed E-state index contributed by atoms with van der Waals surface area (Å²) in [6.07, 6.45) is -3.58. The quantitative estimate of drug-likeness (QED) is 0.181. The lowest BCUT2D eigenvalue weighted by molar-refractivity contribution is -0.134. The van der Waals surface area contributed by atoms with Gasteiger partial charge in [-0.25, -0.2) is 32.9 Å². The first-order valence-corrected chi connectivity index (χ1v) is 13.9. The van der Waals surface area contributed by atoms with E-state index in [0.717, 1.165) is 18.2 Å². The molecule has 0 radical (unpaired) electrons. The zero-order chi connectivity index (χ0) is 31.2. The molecule has 4 heterocycles. The van der Waals surface area contributed by atoms with Gasteiger partial charge in [0.25, 0.3) is 0 Å². The van der Waals surface area contributed by atoms with Crippen LogP contribution in [0.3, 0.4) is 0 Å². The third-order valence-electron chi connectivity index (χ3n) is 6.97. The maximum absolute atomic E-state index is 15.4. The molecule has 15 heteroatoms. The first kappa shape index (κ1) is 29.6. The molecule has 3 aromatic heterocycles. The Labute approximate surface area is 248 Å². The zero-order valence-corrected chi connectivity index (χ0v) is 23.2. The molecule has 0 amide bonds. The van der Waals surface area contributed by atoms with Gasteiger partial charge in [0, 0.05) is 24.7 Å². The molecule has 1 N–H and O–H groups in total. The number of hydrogen-bond acceptors (Lipinski definition) is 7. The molecule has 1 saturated heterocycles. The molecule has 5 aromatic rings. The van der Waals surface area contributed by atoms with E-state index in [4.69, 9.17) is 9.47 Å². The Hall–Kier alpha value is -4.50. The minimum absolute atomic E-state index is 0.0122. The van der Waals surface area contributed by atoms with Crippen molar-refractivity contribution in [2.45, 2.75) is 38.3 Å². The number of benzene rings is 2. The highest BCUT2D eigenvalue weighted by atomic mass is 32.1. The van der Waals surface area contributed by atoms with Gasteiger partial charge in [-0.15, -0.1) is 11.3 Å². The summed E-state index contributed by atoms with van der Waals surface area (Å²) >= 11 is 0.419. The standard InChI is InChI=1S/C29H20F6N4O4S/c30-18-10-17(21-2-1-3-25(37-21)43-13-26-36-11-23(44-26)29(33,34)35)19(31)6-14(18)9-24-38-27-20(32)7-15(28(40)41)8-22(27)39(24)12-16-4-5-42-16/h1-3,6-8,10-11,16H,4-5,9,12-13H2,(H,40,41)/t16-/m0/s1. The molecule has 1 atom stereocenters. The molecule has 8 nitrogen and oxygen atoms in total. The predicted octanol–water partition coefficient (Wildman–Crippen LogP) is 6.65. The highest BCUT2D eigenvalue weighted by Gasteiger charge is 2.33. The van der Waals surface area contributed by atoms with Gasteiger partial charge in [0.15, 0.2) is 5.82 Å². The van der Waals surface area contributed by atoms with Crippen molar-refractivity contribution in [3.63, 3.8) is 0 Å². The van der Waals surface area contributed by atoms with Gasteiger partial charge in [-0.05, 0) is 42.3 Å². The van der Waals surface area contributed by atoms with E-state index >= 15 is 8.78 Å². The molecule has 0 unspecified atom stereocenters. The van der Waals surface area contributed by atoms with Crippen LogP contribution in [0.2, 0.25) is 0 Å². The number of nitrogens with zero attached hydrogens (tertiary/aromatic N) is 4. The van der Waals surface area contributed by atoms with Crippen molar-refractivity contribution < 1.29 is 45.7 Å². The average Bonchev–Trinajstić information content (AvgIpc) is 3.57. The second kappa shape index (κ2) is 11.5. The molecular formula is C29H20F6N4O4S. The second-order valence-electron chi connectivity index (χ2n) is 9.92. The predicted molar refractivity (Wildman–Crippen MR) is 145 cm³/mol. The number of ether oxygens (including phenoxy) is 2. The summed E-state index contributed by atoms with van der Waals surface area (Å²) in [6.45, 7) is 0.438. The third kappa shape index (κ3) is 5.97. The van der Waals surface area contributed by atoms with Crippen LogP contribution >= 0.6 is 11.3 Å². The van der Waals surface area contributed by atoms with E-state index in [1.807, 2.05) is 0 Å². The van der Waals surface area contributed by atoms with Crippen LogP contribution in [-0.4, -0.2) is 43.3 Å². The first-order valence-electron chi connectivity index (χ1n) is 13.1. The molecule has 0 aliphatic carbocycles. The number of thiazole rings is 1. The fourth-order valence-corrected chi connectivity index (χ4v) is 5.40. The van der Waals surface area contributed by atoms with E-state index in [1.165, 1.54) is 24.3 Å². The van der Waals surface area contributed by atoms with Gasteiger partial charge in [-0.1, -0.05) is 6.07 Å². The SMILES string of the molecule is O=C(O)c1cc(F)c2nc(Cc3cc(F)c(-c4cccc(OCc5ncc(C(F)(F)F)s5)n4)cc3F)n(C[C@@H]3CCO3)c2c1. The van der Waals surface area contributed by atoms with E-state index in [1.54, 1.807) is 4.57 Å². The highest BCUT2D eigenvalue weighted by Crippen LogP contribution is 2.34. The number of aromatic nitrogens is 4. The summed E-state index contributed by atoms with van der Waals surface area (Å²) in [5.41, 5.74) is -0.464. The van der Waals surface area contributed by atoms with E-state index in [9.17, 15) is 27.5 Å². The molecule has 228 valence electrons. The van der Waals surface area contributed by atoms with Crippen molar-refractivity contribution in [1.29, 1.82) is 0 Å². The molecule has 6 rings (SSSR count). The summed E-state index contributed by atoms with van der Waals surface area (Å²) in [5.74, 6) is -3.67. The molecule has 0 saturated carbocycles. The summed E-state index contributed by atoms with van der Waals surface area (Å²) in [4.78, 5) is 22.8. The summed E-state index contributed by atoms with van der Waals surface area (Å²) < 4.78 is 96.5. The van der Waals surface area contributed by atoms with Gasteiger partial charge in [0.05, 0.1) is 35.6 Å². The number of carboxylic acid groups (broad SMARTS) is 1. The Morgan fingerprint density at radius 1 is 1.09 bits per heavy atom. The second-order valence-corrected chi connectivity index (χ2v) is 11.0. The van der Waals surface area contributed by atoms with Crippen molar-refractivity contribution in [3.05, 3.63) is 92.9 Å². The smallest absolute Gasteiger partial charge is 0.427 e. The van der Waals surface area contributed by atoms with E-state index in [2.05, 4.69) is 15.0 Å². The van der Waals surface area contributed by atoms with Crippen LogP contribution in [0, 0.1) is 17.5 Å². The summed E-state index contributed by atoms with van der Waals surface area (Å²) in [6, 6.07) is 8.33. The van der Waals surface area contributed by atoms with Crippen LogP contribution in [0.1, 0.15) is 38.1 Å². The lowest BCUT2D eigenvalue weighted by Crippen LogP contribution is -2.31. The Balaban J connectivity index is 1.26. The fourth-order valence-electron chi connectivity index (χ4n) is 4.70. The van der Waals surface area contributed by atoms with E-state index < -0.39 is 34.5 Å². The van der Waals surface area contributed by atoms with Gasteiger partial charge in [-0.3, -0.25) is 0 Å². The lowest BCUT2D eigenvalue weighted by Gasteiger charge is -2.27. The number of carboxylic acids is 1. The molecule has 0 spiro atoms. The molecule has 2 aromatic carbocycles. The molecule has 0 bridgehead atoms. The van der Waals surface area contributed by atoms with Gasteiger partial charge in [-0.2, -0.15) is 13.2 Å². The summed E-state index contributed by atoms with van der Waals surface area (Å²) in [7, 11) is 0. The number of pyridine rings is 1. The summed E-state index contributed by atoms with van der Waals surface area (Å²) in [5, 5.41) is 9.45. The largest absolute Gasteiger partial charge is 0.478 e. The Morgan fingerprint density at radius 2 is 1.89 bits per heavy atom. The van der Waals surface area contributed by atoms with E-state index in [0.29, 0.717) is 30.6 Å². The van der Waals surface area contributed by atoms with Crippen molar-refractivity contribution in [2.24, 2.45) is 0 Å². The number of hydrogen-bond donors (Lipinski definition) is 1. The van der Waals surface area contributed by atoms with Gasteiger partial charge in [0.2, 0.25) is 5.88 Å². The number of aromatic carboxylic acids is 1. The van der Waals surface area contributed by atoms with Crippen LogP contribution in [0.5, 0.6) is 5.88 Å². The maximum atomic E-state index is 15.4. The topological polar surface area (TPSA) is 99.4 Å². The third-order valence-corrected chi connectivity index (χ3v) is 7.99. The molecule has 1 aliphatic rings. The number of carbonyl (C=O) groups is 1. The maximum Gasteiger partial charge on any atom is 0.427 e. The number of imidazole rings is 1. The molecule has 1 fully saturated rings. The number of rotatable bonds is 9. The van der Waals surface area contributed by atoms with Gasteiger partial charge in [0.1, 0.15) is 39.5 Å². The van der Waals surface area contributed by atoms with Crippen LogP contribution < -0.4 is 4.74 Å². The van der Waals surface area contributed by atoms with Crippen molar-refractivity contribution >= 4 is 28.3 Å².